The molecule has 1 rings (SSSR count). The molecule has 1 aromatic carbocycles. The Balaban J connectivity index is 3.27. The fourth-order valence-corrected chi connectivity index (χ4v) is 1.03. The van der Waals surface area contributed by atoms with Crippen LogP contribution in [0.1, 0.15) is 18.1 Å². The van der Waals surface area contributed by atoms with E-state index < -0.39 is 41.4 Å². The maximum absolute atomic E-state index is 13.0. The Morgan fingerprint density at radius 3 is 2.33 bits per heavy atom. The van der Waals surface area contributed by atoms with Gasteiger partial charge in [0.2, 0.25) is 0 Å². The smallest absolute Gasteiger partial charge is 0.197 e. The van der Waals surface area contributed by atoms with Gasteiger partial charge in [-0.25, -0.2) is 17.6 Å². The average Bonchev–Trinajstić information content (AvgIpc) is 2.20. The monoisotopic (exact) mass is 219 g/mol. The summed E-state index contributed by atoms with van der Waals surface area (Å²) in [4.78, 5) is 0. The summed E-state index contributed by atoms with van der Waals surface area (Å²) in [6, 6.07) is 1.82. The average molecular weight is 219 g/mol. The molecule has 1 aromatic rings. The van der Waals surface area contributed by atoms with E-state index in [1.54, 1.807) is 0 Å². The minimum Gasteiger partial charge on any atom is -0.387 e. The molecule has 2 nitrogen and oxygen atoms in total. The van der Waals surface area contributed by atoms with Crippen molar-refractivity contribution in [2.45, 2.75) is 12.5 Å². The van der Waals surface area contributed by atoms with Crippen LogP contribution in [0.3, 0.4) is 0 Å². The normalized spacial score (nSPS) is 12.3. The Hall–Kier alpha value is -1.61. The van der Waals surface area contributed by atoms with Crippen molar-refractivity contribution in [3.8, 4) is 6.07 Å². The van der Waals surface area contributed by atoms with Gasteiger partial charge in [-0.2, -0.15) is 5.26 Å². The molecular formula is C9H5F4NO. The van der Waals surface area contributed by atoms with E-state index in [0.717, 1.165) is 0 Å². The van der Waals surface area contributed by atoms with E-state index in [0.29, 0.717) is 6.07 Å². The van der Waals surface area contributed by atoms with Crippen molar-refractivity contribution in [1.82, 2.24) is 0 Å². The maximum Gasteiger partial charge on any atom is 0.197 e. The second-order valence-electron chi connectivity index (χ2n) is 2.77. The summed E-state index contributed by atoms with van der Waals surface area (Å²) in [5.41, 5.74) is -0.770. The van der Waals surface area contributed by atoms with E-state index in [1.807, 2.05) is 0 Å². The molecule has 0 fully saturated rings. The number of hydrogen-bond acceptors (Lipinski definition) is 2. The molecule has 0 radical (unpaired) electrons. The summed E-state index contributed by atoms with van der Waals surface area (Å²) < 4.78 is 50.8. The van der Waals surface area contributed by atoms with E-state index in [1.165, 1.54) is 6.07 Å². The predicted molar refractivity (Wildman–Crippen MR) is 41.5 cm³/mol. The van der Waals surface area contributed by atoms with Crippen molar-refractivity contribution >= 4 is 0 Å². The van der Waals surface area contributed by atoms with Crippen LogP contribution >= 0.6 is 0 Å². The van der Waals surface area contributed by atoms with Crippen molar-refractivity contribution in [1.29, 1.82) is 5.26 Å². The highest BCUT2D eigenvalue weighted by molar-refractivity contribution is 5.24. The third-order valence-electron chi connectivity index (χ3n) is 1.77. The molecule has 80 valence electrons. The molecule has 0 aliphatic heterocycles. The fraction of sp³-hybridized carbons (Fsp3) is 0.222. The summed E-state index contributed by atoms with van der Waals surface area (Å²) in [6.07, 6.45) is -2.22. The quantitative estimate of drug-likeness (QED) is 0.470. The lowest BCUT2D eigenvalue weighted by Gasteiger charge is -2.09. The fourth-order valence-electron chi connectivity index (χ4n) is 1.03. The summed E-state index contributed by atoms with van der Waals surface area (Å²) in [7, 11) is 0. The molecule has 0 aliphatic carbocycles. The zero-order valence-electron chi connectivity index (χ0n) is 7.27. The molecule has 0 heterocycles. The molecule has 1 N–H and O–H groups in total. The van der Waals surface area contributed by atoms with Crippen LogP contribution in [-0.4, -0.2) is 5.11 Å². The summed E-state index contributed by atoms with van der Waals surface area (Å²) in [5, 5.41) is 17.3. The summed E-state index contributed by atoms with van der Waals surface area (Å²) >= 11 is 0. The minimum absolute atomic E-state index is 0.329. The van der Waals surface area contributed by atoms with E-state index >= 15 is 0 Å². The number of aliphatic hydroxyl groups is 1. The number of aliphatic hydroxyl groups excluding tert-OH is 1. The van der Waals surface area contributed by atoms with E-state index in [4.69, 9.17) is 10.4 Å². The summed E-state index contributed by atoms with van der Waals surface area (Å²) in [6.45, 7) is 0. The van der Waals surface area contributed by atoms with E-state index in [2.05, 4.69) is 0 Å². The Morgan fingerprint density at radius 1 is 1.20 bits per heavy atom. The molecule has 0 aromatic heterocycles. The zero-order valence-corrected chi connectivity index (χ0v) is 7.27. The van der Waals surface area contributed by atoms with Crippen LogP contribution in [0, 0.1) is 34.6 Å². The standard InChI is InChI=1S/C9H5F4NO/c10-5-3-4(6(15)1-2-14)7(11)9(13)8(5)12/h3,6,15H,1H2. The molecule has 0 aliphatic rings. The molecule has 1 unspecified atom stereocenters. The van der Waals surface area contributed by atoms with Gasteiger partial charge in [0.25, 0.3) is 0 Å². The number of nitriles is 1. The molecule has 15 heavy (non-hydrogen) atoms. The van der Waals surface area contributed by atoms with Gasteiger partial charge in [-0.1, -0.05) is 0 Å². The number of rotatable bonds is 2. The Labute approximate surface area is 82.4 Å². The molecule has 0 saturated heterocycles. The second-order valence-corrected chi connectivity index (χ2v) is 2.77. The molecule has 0 amide bonds. The highest BCUT2D eigenvalue weighted by atomic mass is 19.2. The maximum atomic E-state index is 13.0. The first-order valence-corrected chi connectivity index (χ1v) is 3.87. The molecular weight excluding hydrogens is 214 g/mol. The van der Waals surface area contributed by atoms with Crippen LogP contribution in [0.5, 0.6) is 0 Å². The predicted octanol–water partition coefficient (Wildman–Crippen LogP) is 2.19. The Bertz CT molecular complexity index is 427. The minimum atomic E-state index is -2.00. The van der Waals surface area contributed by atoms with Crippen LogP contribution in [0.25, 0.3) is 0 Å². The first kappa shape index (κ1) is 11.5. The number of hydrogen-bond donors (Lipinski definition) is 1. The number of nitrogens with zero attached hydrogens (tertiary/aromatic N) is 1. The molecule has 1 atom stereocenters. The van der Waals surface area contributed by atoms with Crippen molar-refractivity contribution in [3.05, 3.63) is 34.9 Å². The van der Waals surface area contributed by atoms with Crippen molar-refractivity contribution in [3.63, 3.8) is 0 Å². The van der Waals surface area contributed by atoms with Crippen LogP contribution in [0.15, 0.2) is 6.07 Å². The van der Waals surface area contributed by atoms with Crippen LogP contribution < -0.4 is 0 Å². The zero-order chi connectivity index (χ0) is 11.6. The van der Waals surface area contributed by atoms with Gasteiger partial charge in [-0.15, -0.1) is 0 Å². The number of halogens is 4. The third-order valence-corrected chi connectivity index (χ3v) is 1.77. The SMILES string of the molecule is N#CCC(O)c1cc(F)c(F)c(F)c1F. The van der Waals surface area contributed by atoms with Crippen LogP contribution in [0.2, 0.25) is 0 Å². The van der Waals surface area contributed by atoms with Gasteiger partial charge in [-0.05, 0) is 6.07 Å². The van der Waals surface area contributed by atoms with Gasteiger partial charge in [0, 0.05) is 5.56 Å². The molecule has 0 bridgehead atoms. The van der Waals surface area contributed by atoms with Crippen molar-refractivity contribution in [2.75, 3.05) is 0 Å². The van der Waals surface area contributed by atoms with E-state index in [-0.39, 0.29) is 0 Å². The number of benzene rings is 1. The van der Waals surface area contributed by atoms with Crippen molar-refractivity contribution < 1.29 is 22.7 Å². The second kappa shape index (κ2) is 4.28. The lowest BCUT2D eigenvalue weighted by atomic mass is 10.1. The van der Waals surface area contributed by atoms with Gasteiger partial charge in [0.15, 0.2) is 23.3 Å². The summed E-state index contributed by atoms with van der Waals surface area (Å²) in [5.74, 6) is -7.24. The Morgan fingerprint density at radius 2 is 1.80 bits per heavy atom. The van der Waals surface area contributed by atoms with Gasteiger partial charge < -0.3 is 5.11 Å². The third kappa shape index (κ3) is 2.07. The van der Waals surface area contributed by atoms with Gasteiger partial charge in [0.1, 0.15) is 0 Å². The highest BCUT2D eigenvalue weighted by Crippen LogP contribution is 2.25. The molecule has 0 spiro atoms. The topological polar surface area (TPSA) is 44.0 Å². The van der Waals surface area contributed by atoms with Crippen molar-refractivity contribution in [2.24, 2.45) is 0 Å². The highest BCUT2D eigenvalue weighted by Gasteiger charge is 2.22. The first-order chi connectivity index (χ1) is 6.99. The van der Waals surface area contributed by atoms with Gasteiger partial charge >= 0.3 is 0 Å². The largest absolute Gasteiger partial charge is 0.387 e. The van der Waals surface area contributed by atoms with Gasteiger partial charge in [0.05, 0.1) is 18.6 Å². The lowest BCUT2D eigenvalue weighted by Crippen LogP contribution is -2.06. The Kier molecular flexibility index (Phi) is 3.27. The lowest BCUT2D eigenvalue weighted by molar-refractivity contribution is 0.175. The van der Waals surface area contributed by atoms with E-state index in [9.17, 15) is 17.6 Å². The van der Waals surface area contributed by atoms with Gasteiger partial charge in [-0.3, -0.25) is 0 Å². The molecule has 0 saturated carbocycles. The molecule has 6 heteroatoms. The first-order valence-electron chi connectivity index (χ1n) is 3.87. The van der Waals surface area contributed by atoms with Crippen LogP contribution in [-0.2, 0) is 0 Å². The van der Waals surface area contributed by atoms with Crippen LogP contribution in [0.4, 0.5) is 17.6 Å².